The van der Waals surface area contributed by atoms with E-state index in [1.54, 1.807) is 6.07 Å². The molecule has 156 valence electrons. The van der Waals surface area contributed by atoms with Gasteiger partial charge in [0, 0.05) is 18.8 Å². The van der Waals surface area contributed by atoms with Crippen LogP contribution in [-0.2, 0) is 24.5 Å². The van der Waals surface area contributed by atoms with Crippen molar-refractivity contribution in [2.75, 3.05) is 13.1 Å². The highest BCUT2D eigenvalue weighted by Gasteiger charge is 2.41. The highest BCUT2D eigenvalue weighted by atomic mass is 16.5. The Morgan fingerprint density at radius 3 is 2.80 bits per heavy atom. The number of para-hydroxylation sites is 1. The van der Waals surface area contributed by atoms with Crippen molar-refractivity contribution < 1.29 is 14.3 Å². The van der Waals surface area contributed by atoms with Crippen molar-refractivity contribution in [3.63, 3.8) is 0 Å². The molecule has 1 spiro atoms. The van der Waals surface area contributed by atoms with Gasteiger partial charge in [0.05, 0.1) is 24.4 Å². The summed E-state index contributed by atoms with van der Waals surface area (Å²) < 4.78 is 14.1. The average Bonchev–Trinajstić information content (AvgIpc) is 3.39. The maximum atomic E-state index is 12.6. The van der Waals surface area contributed by atoms with E-state index in [4.69, 9.17) is 9.47 Å². The minimum atomic E-state index is -0.309. The molecule has 1 amide bonds. The second-order valence-electron chi connectivity index (χ2n) is 7.94. The SMILES string of the molecule is Cc1cc(C(=O)N2CCC3(CC2)Cn2nnc(COc4ccccc4)c2CO3)n[nH]1. The van der Waals surface area contributed by atoms with Gasteiger partial charge in [-0.3, -0.25) is 9.89 Å². The molecule has 1 aromatic carbocycles. The topological polar surface area (TPSA) is 98.2 Å². The van der Waals surface area contributed by atoms with Crippen molar-refractivity contribution in [3.05, 3.63) is 59.2 Å². The van der Waals surface area contributed by atoms with Crippen molar-refractivity contribution in [1.29, 1.82) is 0 Å². The van der Waals surface area contributed by atoms with Gasteiger partial charge in [-0.1, -0.05) is 23.4 Å². The molecule has 4 heterocycles. The predicted molar refractivity (Wildman–Crippen MR) is 107 cm³/mol. The number of piperidine rings is 1. The summed E-state index contributed by atoms with van der Waals surface area (Å²) in [5.74, 6) is 0.767. The number of nitrogens with zero attached hydrogens (tertiary/aromatic N) is 5. The Balaban J connectivity index is 1.21. The molecular formula is C21H24N6O3. The summed E-state index contributed by atoms with van der Waals surface area (Å²) in [7, 11) is 0. The number of rotatable bonds is 4. The number of hydrogen-bond donors (Lipinski definition) is 1. The summed E-state index contributed by atoms with van der Waals surface area (Å²) in [5, 5.41) is 15.6. The van der Waals surface area contributed by atoms with Crippen molar-refractivity contribution in [2.24, 2.45) is 0 Å². The lowest BCUT2D eigenvalue weighted by molar-refractivity contribution is -0.120. The van der Waals surface area contributed by atoms with Crippen LogP contribution >= 0.6 is 0 Å². The number of nitrogens with one attached hydrogen (secondary N) is 1. The van der Waals surface area contributed by atoms with Gasteiger partial charge in [-0.05, 0) is 38.0 Å². The molecule has 9 heteroatoms. The zero-order valence-electron chi connectivity index (χ0n) is 16.9. The van der Waals surface area contributed by atoms with Crippen LogP contribution in [0.4, 0.5) is 0 Å². The van der Waals surface area contributed by atoms with Crippen LogP contribution in [0.5, 0.6) is 5.75 Å². The van der Waals surface area contributed by atoms with Crippen LogP contribution < -0.4 is 4.74 Å². The molecule has 2 aliphatic heterocycles. The van der Waals surface area contributed by atoms with E-state index in [1.165, 1.54) is 0 Å². The molecule has 1 saturated heterocycles. The van der Waals surface area contributed by atoms with Gasteiger partial charge in [0.25, 0.3) is 5.91 Å². The molecule has 0 saturated carbocycles. The van der Waals surface area contributed by atoms with Gasteiger partial charge in [0.1, 0.15) is 23.7 Å². The maximum Gasteiger partial charge on any atom is 0.274 e. The zero-order chi connectivity index (χ0) is 20.6. The van der Waals surface area contributed by atoms with E-state index in [0.717, 1.165) is 35.7 Å². The van der Waals surface area contributed by atoms with E-state index in [2.05, 4.69) is 20.5 Å². The number of aromatic nitrogens is 5. The third kappa shape index (κ3) is 3.56. The predicted octanol–water partition coefficient (Wildman–Crippen LogP) is 2.09. The van der Waals surface area contributed by atoms with Crippen LogP contribution in [0.25, 0.3) is 0 Å². The van der Waals surface area contributed by atoms with Gasteiger partial charge in [0.2, 0.25) is 0 Å². The van der Waals surface area contributed by atoms with Gasteiger partial charge < -0.3 is 14.4 Å². The molecule has 0 radical (unpaired) electrons. The number of hydrogen-bond acceptors (Lipinski definition) is 6. The molecule has 1 fully saturated rings. The summed E-state index contributed by atoms with van der Waals surface area (Å²) in [6.45, 7) is 4.62. The molecule has 0 aliphatic carbocycles. The summed E-state index contributed by atoms with van der Waals surface area (Å²) in [6.07, 6.45) is 1.52. The highest BCUT2D eigenvalue weighted by Crippen LogP contribution is 2.34. The van der Waals surface area contributed by atoms with Gasteiger partial charge in [0.15, 0.2) is 0 Å². The van der Waals surface area contributed by atoms with E-state index in [-0.39, 0.29) is 11.5 Å². The van der Waals surface area contributed by atoms with E-state index < -0.39 is 0 Å². The number of carbonyl (C=O) groups excluding carboxylic acids is 1. The number of likely N-dealkylation sites (tertiary alicyclic amines) is 1. The smallest absolute Gasteiger partial charge is 0.274 e. The van der Waals surface area contributed by atoms with Gasteiger partial charge in [-0.25, -0.2) is 4.68 Å². The van der Waals surface area contributed by atoms with E-state index in [1.807, 2.05) is 46.8 Å². The summed E-state index contributed by atoms with van der Waals surface area (Å²) in [6, 6.07) is 11.4. The minimum Gasteiger partial charge on any atom is -0.487 e. The maximum absolute atomic E-state index is 12.6. The Labute approximate surface area is 174 Å². The van der Waals surface area contributed by atoms with Crippen molar-refractivity contribution in [3.8, 4) is 5.75 Å². The van der Waals surface area contributed by atoms with Crippen LogP contribution in [0, 0.1) is 6.92 Å². The van der Waals surface area contributed by atoms with Gasteiger partial charge in [-0.15, -0.1) is 5.10 Å². The second kappa shape index (κ2) is 7.56. The molecule has 0 atom stereocenters. The Morgan fingerprint density at radius 1 is 1.27 bits per heavy atom. The standard InChI is InChI=1S/C21H24N6O3/c1-15-11-17(23-22-15)20(28)26-9-7-21(8-10-26)14-27-19(13-30-21)18(24-25-27)12-29-16-5-3-2-4-6-16/h2-6,11H,7-10,12-14H2,1H3,(H,22,23). The first-order valence-electron chi connectivity index (χ1n) is 10.2. The fourth-order valence-corrected chi connectivity index (χ4v) is 4.08. The Morgan fingerprint density at radius 2 is 2.07 bits per heavy atom. The molecule has 0 bridgehead atoms. The number of benzene rings is 1. The largest absolute Gasteiger partial charge is 0.487 e. The van der Waals surface area contributed by atoms with E-state index in [9.17, 15) is 4.79 Å². The fraction of sp³-hybridized carbons (Fsp3) is 0.429. The van der Waals surface area contributed by atoms with Crippen molar-refractivity contribution >= 4 is 5.91 Å². The molecule has 0 unspecified atom stereocenters. The number of H-pyrrole nitrogens is 1. The molecular weight excluding hydrogens is 384 g/mol. The third-order valence-corrected chi connectivity index (χ3v) is 5.88. The molecule has 9 nitrogen and oxygen atoms in total. The fourth-order valence-electron chi connectivity index (χ4n) is 4.08. The number of aryl methyl sites for hydroxylation is 1. The minimum absolute atomic E-state index is 0.0354. The van der Waals surface area contributed by atoms with Crippen molar-refractivity contribution in [1.82, 2.24) is 30.1 Å². The molecule has 30 heavy (non-hydrogen) atoms. The first-order valence-corrected chi connectivity index (χ1v) is 10.2. The van der Waals surface area contributed by atoms with E-state index >= 15 is 0 Å². The lowest BCUT2D eigenvalue weighted by Crippen LogP contribution is -2.52. The van der Waals surface area contributed by atoms with Crippen LogP contribution in [-0.4, -0.2) is 54.7 Å². The number of aromatic amines is 1. The van der Waals surface area contributed by atoms with Gasteiger partial charge in [-0.2, -0.15) is 5.10 Å². The summed E-state index contributed by atoms with van der Waals surface area (Å²) >= 11 is 0. The normalized spacial score (nSPS) is 17.7. The number of amides is 1. The molecule has 1 N–H and O–H groups in total. The zero-order valence-corrected chi connectivity index (χ0v) is 16.9. The molecule has 5 rings (SSSR count). The average molecular weight is 408 g/mol. The first kappa shape index (κ1) is 18.8. The second-order valence-corrected chi connectivity index (χ2v) is 7.94. The van der Waals surface area contributed by atoms with Crippen LogP contribution in [0.15, 0.2) is 36.4 Å². The lowest BCUT2D eigenvalue weighted by Gasteiger charge is -2.43. The highest BCUT2D eigenvalue weighted by molar-refractivity contribution is 5.92. The number of fused-ring (bicyclic) bond motifs is 1. The Hall–Kier alpha value is -3.20. The molecule has 2 aliphatic rings. The monoisotopic (exact) mass is 408 g/mol. The van der Waals surface area contributed by atoms with Crippen LogP contribution in [0.3, 0.4) is 0 Å². The Bertz CT molecular complexity index is 1040. The van der Waals surface area contributed by atoms with Crippen molar-refractivity contribution in [2.45, 2.75) is 45.1 Å². The molecule has 2 aromatic heterocycles. The summed E-state index contributed by atoms with van der Waals surface area (Å²) in [5.41, 5.74) is 2.80. The van der Waals surface area contributed by atoms with Crippen LogP contribution in [0.1, 0.15) is 40.4 Å². The molecule has 3 aromatic rings. The third-order valence-electron chi connectivity index (χ3n) is 5.88. The van der Waals surface area contributed by atoms with Gasteiger partial charge >= 0.3 is 0 Å². The lowest BCUT2D eigenvalue weighted by atomic mass is 9.89. The first-order chi connectivity index (χ1) is 14.6. The summed E-state index contributed by atoms with van der Waals surface area (Å²) in [4.78, 5) is 14.5. The van der Waals surface area contributed by atoms with E-state index in [0.29, 0.717) is 38.5 Å². The quantitative estimate of drug-likeness (QED) is 0.710. The number of carbonyl (C=O) groups is 1. The van der Waals surface area contributed by atoms with Crippen LogP contribution in [0.2, 0.25) is 0 Å². The number of ether oxygens (including phenoxy) is 2. The Kier molecular flexibility index (Phi) is 4.74.